The second-order valence-electron chi connectivity index (χ2n) is 4.13. The van der Waals surface area contributed by atoms with Gasteiger partial charge in [-0.05, 0) is 30.9 Å². The lowest BCUT2D eigenvalue weighted by molar-refractivity contribution is 0.0699. The fourth-order valence-corrected chi connectivity index (χ4v) is 2.61. The normalized spacial score (nSPS) is 17.4. The van der Waals surface area contributed by atoms with E-state index in [4.69, 9.17) is 0 Å². The number of rotatable bonds is 2. The third-order valence-electron chi connectivity index (χ3n) is 3.05. The Kier molecular flexibility index (Phi) is 3.93. The molecule has 1 fully saturated rings. The van der Waals surface area contributed by atoms with Crippen molar-refractivity contribution in [3.05, 3.63) is 30.1 Å². The average molecular weight is 283 g/mol. The van der Waals surface area contributed by atoms with Gasteiger partial charge in [-0.25, -0.2) is 0 Å². The molecule has 0 saturated carbocycles. The van der Waals surface area contributed by atoms with Crippen LogP contribution < -0.4 is 0 Å². The summed E-state index contributed by atoms with van der Waals surface area (Å²) in [6, 6.07) is 3.55. The second kappa shape index (κ2) is 5.43. The molecule has 2 rings (SSSR count). The van der Waals surface area contributed by atoms with E-state index in [-0.39, 0.29) is 5.91 Å². The Labute approximate surface area is 104 Å². The highest BCUT2D eigenvalue weighted by Crippen LogP contribution is 2.20. The van der Waals surface area contributed by atoms with Crippen molar-refractivity contribution in [1.82, 2.24) is 9.88 Å². The molecule has 86 valence electrons. The first-order valence-electron chi connectivity index (χ1n) is 5.56. The highest BCUT2D eigenvalue weighted by Gasteiger charge is 2.22. The van der Waals surface area contributed by atoms with Crippen molar-refractivity contribution in [2.45, 2.75) is 12.8 Å². The summed E-state index contributed by atoms with van der Waals surface area (Å²) >= 11 is 3.50. The number of hydrogen-bond acceptors (Lipinski definition) is 2. The predicted molar refractivity (Wildman–Crippen MR) is 66.7 cm³/mol. The molecule has 1 amide bonds. The molecule has 1 aromatic rings. The zero-order chi connectivity index (χ0) is 11.4. The van der Waals surface area contributed by atoms with E-state index in [9.17, 15) is 4.79 Å². The minimum atomic E-state index is 0.135. The monoisotopic (exact) mass is 282 g/mol. The number of piperidine rings is 1. The summed E-state index contributed by atoms with van der Waals surface area (Å²) in [4.78, 5) is 17.9. The lowest BCUT2D eigenvalue weighted by Crippen LogP contribution is -2.38. The maximum atomic E-state index is 12.1. The smallest absolute Gasteiger partial charge is 0.253 e. The quantitative estimate of drug-likeness (QED) is 0.780. The minimum Gasteiger partial charge on any atom is -0.339 e. The number of alkyl halides is 1. The van der Waals surface area contributed by atoms with E-state index in [0.717, 1.165) is 42.7 Å². The van der Waals surface area contributed by atoms with Gasteiger partial charge in [-0.2, -0.15) is 0 Å². The van der Waals surface area contributed by atoms with Crippen LogP contribution in [-0.2, 0) is 0 Å². The molecule has 0 atom stereocenters. The summed E-state index contributed by atoms with van der Waals surface area (Å²) in [5.41, 5.74) is 0.743. The van der Waals surface area contributed by atoms with Gasteiger partial charge in [0.05, 0.1) is 0 Å². The summed E-state index contributed by atoms with van der Waals surface area (Å²) in [6.07, 6.45) is 5.53. The summed E-state index contributed by atoms with van der Waals surface area (Å²) in [7, 11) is 0. The molecule has 1 aromatic heterocycles. The number of pyridine rings is 1. The fraction of sp³-hybridized carbons (Fsp3) is 0.500. The first-order chi connectivity index (χ1) is 7.81. The SMILES string of the molecule is O=C(c1ccncc1)N1CCC(CBr)CC1. The van der Waals surface area contributed by atoms with E-state index in [1.54, 1.807) is 24.5 Å². The molecule has 2 heterocycles. The van der Waals surface area contributed by atoms with E-state index in [2.05, 4.69) is 20.9 Å². The zero-order valence-corrected chi connectivity index (χ0v) is 10.7. The number of hydrogen-bond donors (Lipinski definition) is 0. The predicted octanol–water partition coefficient (Wildman–Crippen LogP) is 2.33. The summed E-state index contributed by atoms with van der Waals surface area (Å²) in [6.45, 7) is 1.74. The summed E-state index contributed by atoms with van der Waals surface area (Å²) in [5.74, 6) is 0.858. The van der Waals surface area contributed by atoms with Gasteiger partial charge in [-0.1, -0.05) is 15.9 Å². The van der Waals surface area contributed by atoms with Crippen LogP contribution in [0.1, 0.15) is 23.2 Å². The Bertz CT molecular complexity index is 347. The number of aromatic nitrogens is 1. The lowest BCUT2D eigenvalue weighted by atomic mass is 9.98. The molecule has 0 spiro atoms. The van der Waals surface area contributed by atoms with Crippen LogP contribution in [0.3, 0.4) is 0 Å². The Hall–Kier alpha value is -0.900. The first kappa shape index (κ1) is 11.6. The molecule has 0 N–H and O–H groups in total. The molecule has 1 saturated heterocycles. The fourth-order valence-electron chi connectivity index (χ4n) is 1.97. The van der Waals surface area contributed by atoms with Crippen LogP contribution >= 0.6 is 15.9 Å². The van der Waals surface area contributed by atoms with Gasteiger partial charge in [-0.15, -0.1) is 0 Å². The van der Waals surface area contributed by atoms with Crippen molar-refractivity contribution in [2.24, 2.45) is 5.92 Å². The molecule has 1 aliphatic rings. The number of carbonyl (C=O) groups excluding carboxylic acids is 1. The largest absolute Gasteiger partial charge is 0.339 e. The number of amides is 1. The van der Waals surface area contributed by atoms with E-state index < -0.39 is 0 Å². The van der Waals surface area contributed by atoms with Gasteiger partial charge in [-0.3, -0.25) is 9.78 Å². The van der Waals surface area contributed by atoms with Gasteiger partial charge < -0.3 is 4.90 Å². The van der Waals surface area contributed by atoms with Gasteiger partial charge >= 0.3 is 0 Å². The molecule has 0 unspecified atom stereocenters. The van der Waals surface area contributed by atoms with Crippen LogP contribution in [0.2, 0.25) is 0 Å². The zero-order valence-electron chi connectivity index (χ0n) is 9.10. The Balaban J connectivity index is 1.97. The number of halogens is 1. The lowest BCUT2D eigenvalue weighted by Gasteiger charge is -2.31. The third-order valence-corrected chi connectivity index (χ3v) is 3.96. The molecule has 0 aliphatic carbocycles. The second-order valence-corrected chi connectivity index (χ2v) is 4.77. The standard InChI is InChI=1S/C12H15BrN2O/c13-9-10-3-7-15(8-4-10)12(16)11-1-5-14-6-2-11/h1-2,5-6,10H,3-4,7-9H2. The molecular weight excluding hydrogens is 268 g/mol. The van der Waals surface area contributed by atoms with Crippen molar-refractivity contribution in [3.63, 3.8) is 0 Å². The summed E-state index contributed by atoms with van der Waals surface area (Å²) < 4.78 is 0. The molecule has 16 heavy (non-hydrogen) atoms. The third kappa shape index (κ3) is 2.61. The molecule has 0 aromatic carbocycles. The van der Waals surface area contributed by atoms with Crippen LogP contribution in [0.25, 0.3) is 0 Å². The Morgan fingerprint density at radius 1 is 1.38 bits per heavy atom. The highest BCUT2D eigenvalue weighted by molar-refractivity contribution is 9.09. The van der Waals surface area contributed by atoms with Crippen molar-refractivity contribution in [3.8, 4) is 0 Å². The van der Waals surface area contributed by atoms with Crippen LogP contribution in [0, 0.1) is 5.92 Å². The summed E-state index contributed by atoms with van der Waals surface area (Å²) in [5, 5.41) is 1.05. The molecule has 4 heteroatoms. The van der Waals surface area contributed by atoms with Gasteiger partial charge in [0.1, 0.15) is 0 Å². The number of nitrogens with zero attached hydrogens (tertiary/aromatic N) is 2. The first-order valence-corrected chi connectivity index (χ1v) is 6.68. The van der Waals surface area contributed by atoms with E-state index in [1.807, 2.05) is 4.90 Å². The Morgan fingerprint density at radius 3 is 2.56 bits per heavy atom. The maximum absolute atomic E-state index is 12.1. The average Bonchev–Trinajstić information content (AvgIpc) is 2.39. The van der Waals surface area contributed by atoms with Gasteiger partial charge in [0.15, 0.2) is 0 Å². The van der Waals surface area contributed by atoms with E-state index in [1.165, 1.54) is 0 Å². The Morgan fingerprint density at radius 2 is 2.00 bits per heavy atom. The topological polar surface area (TPSA) is 33.2 Å². The van der Waals surface area contributed by atoms with Crippen molar-refractivity contribution < 1.29 is 4.79 Å². The van der Waals surface area contributed by atoms with Crippen molar-refractivity contribution >= 4 is 21.8 Å². The van der Waals surface area contributed by atoms with Crippen molar-refractivity contribution in [2.75, 3.05) is 18.4 Å². The highest BCUT2D eigenvalue weighted by atomic mass is 79.9. The molecule has 0 bridgehead atoms. The van der Waals surface area contributed by atoms with Gasteiger partial charge in [0, 0.05) is 36.4 Å². The van der Waals surface area contributed by atoms with Crippen LogP contribution in [0.15, 0.2) is 24.5 Å². The number of likely N-dealkylation sites (tertiary alicyclic amines) is 1. The molecule has 3 nitrogen and oxygen atoms in total. The van der Waals surface area contributed by atoms with E-state index >= 15 is 0 Å². The van der Waals surface area contributed by atoms with Crippen LogP contribution in [0.5, 0.6) is 0 Å². The molecular formula is C12H15BrN2O. The van der Waals surface area contributed by atoms with E-state index in [0.29, 0.717) is 0 Å². The number of carbonyl (C=O) groups is 1. The maximum Gasteiger partial charge on any atom is 0.253 e. The van der Waals surface area contributed by atoms with Gasteiger partial charge in [0.2, 0.25) is 0 Å². The van der Waals surface area contributed by atoms with Gasteiger partial charge in [0.25, 0.3) is 5.91 Å². The van der Waals surface area contributed by atoms with Crippen LogP contribution in [-0.4, -0.2) is 34.2 Å². The van der Waals surface area contributed by atoms with Crippen LogP contribution in [0.4, 0.5) is 0 Å². The van der Waals surface area contributed by atoms with Crippen molar-refractivity contribution in [1.29, 1.82) is 0 Å². The minimum absolute atomic E-state index is 0.135. The molecule has 1 aliphatic heterocycles. The molecule has 0 radical (unpaired) electrons.